The molecule has 0 aliphatic carbocycles. The summed E-state index contributed by atoms with van der Waals surface area (Å²) in [5.74, 6) is 2.57. The van der Waals surface area contributed by atoms with Gasteiger partial charge in [-0.05, 0) is 53.5 Å². The van der Waals surface area contributed by atoms with E-state index in [0.717, 1.165) is 5.57 Å². The normalized spacial score (nSPS) is 12.1. The minimum absolute atomic E-state index is 1.13. The Morgan fingerprint density at radius 3 is 2.62 bits per heavy atom. The van der Waals surface area contributed by atoms with Crippen LogP contribution in [0.3, 0.4) is 0 Å². The van der Waals surface area contributed by atoms with Crippen LogP contribution in [0, 0.1) is 12.3 Å². The highest BCUT2D eigenvalue weighted by molar-refractivity contribution is 7.26. The Kier molecular flexibility index (Phi) is 4.44. The molecule has 4 aromatic rings. The van der Waals surface area contributed by atoms with E-state index in [1.165, 1.54) is 36.9 Å². The van der Waals surface area contributed by atoms with E-state index in [-0.39, 0.29) is 0 Å². The van der Waals surface area contributed by atoms with E-state index in [0.29, 0.717) is 0 Å². The number of benzene rings is 3. The van der Waals surface area contributed by atoms with Crippen LogP contribution >= 0.6 is 11.3 Å². The fourth-order valence-corrected chi connectivity index (χ4v) is 4.58. The van der Waals surface area contributed by atoms with Crippen molar-refractivity contribution < 1.29 is 0 Å². The van der Waals surface area contributed by atoms with E-state index in [2.05, 4.69) is 78.7 Å². The standard InChI is InChI=1S/C25H18S/c1-3-5-10-18(4-2)19-11-8-12-20(17-19)21-14-9-15-23-22-13-6-7-16-24(22)26-25(21)23/h1,4-17H,2H3/b10-5-,18-4+. The molecule has 0 saturated heterocycles. The molecule has 0 saturated carbocycles. The van der Waals surface area contributed by atoms with Crippen molar-refractivity contribution in [2.75, 3.05) is 0 Å². The highest BCUT2D eigenvalue weighted by atomic mass is 32.1. The van der Waals surface area contributed by atoms with Crippen molar-refractivity contribution in [2.45, 2.75) is 6.92 Å². The van der Waals surface area contributed by atoms with Crippen LogP contribution in [0.15, 0.2) is 85.0 Å². The van der Waals surface area contributed by atoms with Gasteiger partial charge in [0.15, 0.2) is 0 Å². The summed E-state index contributed by atoms with van der Waals surface area (Å²) in [5.41, 5.74) is 4.82. The third-order valence-corrected chi connectivity index (χ3v) is 5.80. The number of allylic oxidation sites excluding steroid dienone is 4. The van der Waals surface area contributed by atoms with Crippen LogP contribution in [-0.2, 0) is 0 Å². The van der Waals surface area contributed by atoms with E-state index in [9.17, 15) is 0 Å². The Hall–Kier alpha value is -3.08. The third kappa shape index (κ3) is 2.86. The fraction of sp³-hybridized carbons (Fsp3) is 0.0400. The maximum Gasteiger partial charge on any atom is 0.0433 e. The topological polar surface area (TPSA) is 0 Å². The van der Waals surface area contributed by atoms with E-state index in [1.807, 2.05) is 24.3 Å². The summed E-state index contributed by atoms with van der Waals surface area (Å²) >= 11 is 1.86. The number of thiophene rings is 1. The molecule has 0 nitrogen and oxygen atoms in total. The highest BCUT2D eigenvalue weighted by Gasteiger charge is 2.10. The summed E-state index contributed by atoms with van der Waals surface area (Å²) in [7, 11) is 0. The molecule has 4 rings (SSSR count). The van der Waals surface area contributed by atoms with Crippen LogP contribution in [-0.4, -0.2) is 0 Å². The number of hydrogen-bond acceptors (Lipinski definition) is 1. The number of rotatable bonds is 3. The van der Waals surface area contributed by atoms with E-state index >= 15 is 0 Å². The predicted octanol–water partition coefficient (Wildman–Crippen LogP) is 7.31. The van der Waals surface area contributed by atoms with E-state index in [1.54, 1.807) is 6.08 Å². The van der Waals surface area contributed by atoms with Crippen molar-refractivity contribution in [3.8, 4) is 23.5 Å². The molecule has 1 heterocycles. The molecule has 1 heteroatoms. The zero-order valence-electron chi connectivity index (χ0n) is 14.6. The van der Waals surface area contributed by atoms with Crippen LogP contribution < -0.4 is 0 Å². The molecule has 0 aliphatic heterocycles. The van der Waals surface area contributed by atoms with Crippen molar-refractivity contribution in [3.05, 3.63) is 90.5 Å². The van der Waals surface area contributed by atoms with Gasteiger partial charge in [-0.15, -0.1) is 17.8 Å². The van der Waals surface area contributed by atoms with Gasteiger partial charge < -0.3 is 0 Å². The molecule has 0 amide bonds. The summed E-state index contributed by atoms with van der Waals surface area (Å²) in [6.07, 6.45) is 11.2. The van der Waals surface area contributed by atoms with Gasteiger partial charge >= 0.3 is 0 Å². The Balaban J connectivity index is 1.90. The smallest absolute Gasteiger partial charge is 0.0433 e. The zero-order chi connectivity index (χ0) is 17.9. The summed E-state index contributed by atoms with van der Waals surface area (Å²) < 4.78 is 2.67. The van der Waals surface area contributed by atoms with Crippen LogP contribution in [0.25, 0.3) is 36.9 Å². The SMILES string of the molecule is C#C/C=C\C(=C/C)c1cccc(-c2cccc3c2sc2ccccc23)c1. The van der Waals surface area contributed by atoms with Gasteiger partial charge in [0.05, 0.1) is 0 Å². The van der Waals surface area contributed by atoms with E-state index < -0.39 is 0 Å². The molecule has 0 radical (unpaired) electrons. The first-order chi connectivity index (χ1) is 12.8. The van der Waals surface area contributed by atoms with Crippen molar-refractivity contribution in [1.29, 1.82) is 0 Å². The molecular weight excluding hydrogens is 332 g/mol. The molecule has 0 atom stereocenters. The first-order valence-electron chi connectivity index (χ1n) is 8.62. The van der Waals surface area contributed by atoms with Gasteiger partial charge in [-0.3, -0.25) is 0 Å². The first kappa shape index (κ1) is 16.4. The van der Waals surface area contributed by atoms with Gasteiger partial charge in [0, 0.05) is 20.2 Å². The largest absolute Gasteiger partial charge is 0.135 e. The average Bonchev–Trinajstić information content (AvgIpc) is 3.07. The molecule has 1 aromatic heterocycles. The lowest BCUT2D eigenvalue weighted by molar-refractivity contribution is 1.58. The monoisotopic (exact) mass is 350 g/mol. The Morgan fingerprint density at radius 1 is 0.962 bits per heavy atom. The highest BCUT2D eigenvalue weighted by Crippen LogP contribution is 2.40. The lowest BCUT2D eigenvalue weighted by Gasteiger charge is -2.08. The van der Waals surface area contributed by atoms with Crippen LogP contribution in [0.1, 0.15) is 12.5 Å². The molecule has 0 aliphatic rings. The molecule has 0 N–H and O–H groups in total. The second kappa shape index (κ2) is 7.04. The summed E-state index contributed by atoms with van der Waals surface area (Å²) in [4.78, 5) is 0. The van der Waals surface area contributed by atoms with Crippen LogP contribution in [0.5, 0.6) is 0 Å². The van der Waals surface area contributed by atoms with Crippen molar-refractivity contribution in [2.24, 2.45) is 0 Å². The minimum atomic E-state index is 1.13. The minimum Gasteiger partial charge on any atom is -0.135 e. The average molecular weight is 350 g/mol. The molecule has 26 heavy (non-hydrogen) atoms. The van der Waals surface area contributed by atoms with Gasteiger partial charge in [-0.25, -0.2) is 0 Å². The lowest BCUT2D eigenvalue weighted by atomic mass is 9.97. The summed E-state index contributed by atoms with van der Waals surface area (Å²) in [6, 6.07) is 23.9. The summed E-state index contributed by atoms with van der Waals surface area (Å²) in [5, 5.41) is 2.66. The van der Waals surface area contributed by atoms with Crippen molar-refractivity contribution in [1.82, 2.24) is 0 Å². The van der Waals surface area contributed by atoms with Gasteiger partial charge in [0.25, 0.3) is 0 Å². The predicted molar refractivity (Wildman–Crippen MR) is 116 cm³/mol. The first-order valence-corrected chi connectivity index (χ1v) is 9.43. The van der Waals surface area contributed by atoms with E-state index in [4.69, 9.17) is 6.42 Å². The lowest BCUT2D eigenvalue weighted by Crippen LogP contribution is -1.84. The maximum atomic E-state index is 5.37. The Bertz CT molecular complexity index is 1200. The van der Waals surface area contributed by atoms with Gasteiger partial charge in [-0.1, -0.05) is 66.6 Å². The molecule has 0 unspecified atom stereocenters. The second-order valence-electron chi connectivity index (χ2n) is 6.11. The molecular formula is C25H18S. The van der Waals surface area contributed by atoms with Crippen LogP contribution in [0.2, 0.25) is 0 Å². The fourth-order valence-electron chi connectivity index (χ4n) is 3.34. The van der Waals surface area contributed by atoms with Crippen molar-refractivity contribution >= 4 is 37.1 Å². The Labute approximate surface area is 158 Å². The third-order valence-electron chi connectivity index (χ3n) is 4.58. The maximum absolute atomic E-state index is 5.37. The molecule has 124 valence electrons. The van der Waals surface area contributed by atoms with Gasteiger partial charge in [-0.2, -0.15) is 0 Å². The molecule has 0 bridgehead atoms. The van der Waals surface area contributed by atoms with Gasteiger partial charge in [0.1, 0.15) is 0 Å². The number of terminal acetylenes is 1. The van der Waals surface area contributed by atoms with Gasteiger partial charge in [0.2, 0.25) is 0 Å². The van der Waals surface area contributed by atoms with Crippen molar-refractivity contribution in [3.63, 3.8) is 0 Å². The number of fused-ring (bicyclic) bond motifs is 3. The summed E-state index contributed by atoms with van der Waals surface area (Å²) in [6.45, 7) is 2.04. The zero-order valence-corrected chi connectivity index (χ0v) is 15.4. The molecule has 0 spiro atoms. The quantitative estimate of drug-likeness (QED) is 0.268. The van der Waals surface area contributed by atoms with Crippen LogP contribution in [0.4, 0.5) is 0 Å². The Morgan fingerprint density at radius 2 is 1.77 bits per heavy atom. The molecule has 3 aromatic carbocycles. The molecule has 0 fully saturated rings. The second-order valence-corrected chi connectivity index (χ2v) is 7.16. The number of hydrogen-bond donors (Lipinski definition) is 0.